The predicted octanol–water partition coefficient (Wildman–Crippen LogP) is 5.39. The Hall–Kier alpha value is -3.09. The Balaban J connectivity index is 1.96. The van der Waals surface area contributed by atoms with Crippen LogP contribution in [0.5, 0.6) is 5.75 Å². The van der Waals surface area contributed by atoms with E-state index in [1.807, 2.05) is 66.7 Å². The molecule has 0 radical (unpaired) electrons. The quantitative estimate of drug-likeness (QED) is 0.347. The molecule has 0 bridgehead atoms. The molecule has 0 aliphatic carbocycles. The van der Waals surface area contributed by atoms with Crippen molar-refractivity contribution in [1.82, 2.24) is 4.90 Å². The first-order valence-corrected chi connectivity index (χ1v) is 13.4. The third-order valence-corrected chi connectivity index (χ3v) is 7.09. The minimum atomic E-state index is -3.39. The third-order valence-electron chi connectivity index (χ3n) is 5.89. The Morgan fingerprint density at radius 2 is 1.41 bits per heavy atom. The van der Waals surface area contributed by atoms with Crippen LogP contribution in [0.2, 0.25) is 0 Å². The summed E-state index contributed by atoms with van der Waals surface area (Å²) in [5.41, 5.74) is 4.90. The standard InChI is InChI=1S/C28H34N2O3S/c1-5-29(6-2)20-21-30(34(4,31)32)26-16-14-25(15-17-26)28(24-10-8-7-9-11-24)22-23-12-18-27(33-3)19-13-23/h7-19,22H,5-6,20-21H2,1-4H3. The van der Waals surface area contributed by atoms with Gasteiger partial charge in [0.25, 0.3) is 0 Å². The number of ether oxygens (including phenoxy) is 1. The molecule has 5 nitrogen and oxygen atoms in total. The smallest absolute Gasteiger partial charge is 0.232 e. The van der Waals surface area contributed by atoms with Gasteiger partial charge in [-0.2, -0.15) is 0 Å². The van der Waals surface area contributed by atoms with E-state index in [4.69, 9.17) is 4.74 Å². The summed E-state index contributed by atoms with van der Waals surface area (Å²) in [5, 5.41) is 0. The van der Waals surface area contributed by atoms with Gasteiger partial charge in [0.05, 0.1) is 19.1 Å². The van der Waals surface area contributed by atoms with Gasteiger partial charge in [0.2, 0.25) is 10.0 Å². The van der Waals surface area contributed by atoms with Crippen molar-refractivity contribution in [2.24, 2.45) is 0 Å². The largest absolute Gasteiger partial charge is 0.497 e. The van der Waals surface area contributed by atoms with Crippen LogP contribution in [0.25, 0.3) is 11.6 Å². The predicted molar refractivity (Wildman–Crippen MR) is 143 cm³/mol. The molecular formula is C28H34N2O3S. The molecule has 0 saturated carbocycles. The number of sulfonamides is 1. The van der Waals surface area contributed by atoms with E-state index < -0.39 is 10.0 Å². The van der Waals surface area contributed by atoms with E-state index in [1.165, 1.54) is 10.6 Å². The maximum atomic E-state index is 12.5. The van der Waals surface area contributed by atoms with Crippen molar-refractivity contribution in [2.75, 3.05) is 43.8 Å². The van der Waals surface area contributed by atoms with Gasteiger partial charge in [-0.3, -0.25) is 4.31 Å². The fraction of sp³-hybridized carbons (Fsp3) is 0.286. The molecule has 0 aromatic heterocycles. The monoisotopic (exact) mass is 478 g/mol. The van der Waals surface area contributed by atoms with Gasteiger partial charge in [0, 0.05) is 13.1 Å². The molecule has 0 N–H and O–H groups in total. The number of hydrogen-bond acceptors (Lipinski definition) is 4. The summed E-state index contributed by atoms with van der Waals surface area (Å²) in [6, 6.07) is 25.9. The minimum Gasteiger partial charge on any atom is -0.497 e. The lowest BCUT2D eigenvalue weighted by Gasteiger charge is -2.26. The van der Waals surface area contributed by atoms with E-state index in [9.17, 15) is 8.42 Å². The normalized spacial score (nSPS) is 12.1. The fourth-order valence-corrected chi connectivity index (χ4v) is 4.80. The first kappa shape index (κ1) is 25.5. The molecule has 6 heteroatoms. The van der Waals surface area contributed by atoms with Crippen LogP contribution in [0.3, 0.4) is 0 Å². The van der Waals surface area contributed by atoms with Crippen LogP contribution in [-0.2, 0) is 10.0 Å². The minimum absolute atomic E-state index is 0.424. The maximum absolute atomic E-state index is 12.5. The summed E-state index contributed by atoms with van der Waals surface area (Å²) in [4.78, 5) is 2.22. The van der Waals surface area contributed by atoms with Crippen molar-refractivity contribution in [3.8, 4) is 5.75 Å². The van der Waals surface area contributed by atoms with Gasteiger partial charge >= 0.3 is 0 Å². The Bertz CT molecular complexity index is 1170. The summed E-state index contributed by atoms with van der Waals surface area (Å²) in [6.45, 7) is 7.07. The summed E-state index contributed by atoms with van der Waals surface area (Å²) in [7, 11) is -1.73. The Morgan fingerprint density at radius 1 is 0.824 bits per heavy atom. The average molecular weight is 479 g/mol. The SMILES string of the molecule is CCN(CC)CCN(c1ccc(C(=Cc2ccc(OC)cc2)c2ccccc2)cc1)S(C)(=O)=O. The van der Waals surface area contributed by atoms with E-state index in [1.54, 1.807) is 7.11 Å². The molecule has 3 aromatic carbocycles. The molecule has 0 spiro atoms. The van der Waals surface area contributed by atoms with Crippen molar-refractivity contribution in [3.63, 3.8) is 0 Å². The van der Waals surface area contributed by atoms with Crippen molar-refractivity contribution >= 4 is 27.4 Å². The van der Waals surface area contributed by atoms with Gasteiger partial charge < -0.3 is 9.64 Å². The highest BCUT2D eigenvalue weighted by molar-refractivity contribution is 7.92. The van der Waals surface area contributed by atoms with Crippen LogP contribution in [0.4, 0.5) is 5.69 Å². The van der Waals surface area contributed by atoms with Crippen LogP contribution < -0.4 is 9.04 Å². The lowest BCUT2D eigenvalue weighted by atomic mass is 9.95. The topological polar surface area (TPSA) is 49.9 Å². The van der Waals surface area contributed by atoms with Gasteiger partial charge in [-0.15, -0.1) is 0 Å². The summed E-state index contributed by atoms with van der Waals surface area (Å²) in [5.74, 6) is 0.813. The number of anilines is 1. The average Bonchev–Trinajstić information content (AvgIpc) is 2.86. The molecular weight excluding hydrogens is 444 g/mol. The molecule has 3 rings (SSSR count). The van der Waals surface area contributed by atoms with Gasteiger partial charge in [-0.05, 0) is 65.7 Å². The van der Waals surface area contributed by atoms with Crippen molar-refractivity contribution in [2.45, 2.75) is 13.8 Å². The van der Waals surface area contributed by atoms with E-state index in [-0.39, 0.29) is 0 Å². The van der Waals surface area contributed by atoms with Gasteiger partial charge in [-0.1, -0.05) is 68.4 Å². The summed E-state index contributed by atoms with van der Waals surface area (Å²) < 4.78 is 31.8. The van der Waals surface area contributed by atoms with Crippen molar-refractivity contribution < 1.29 is 13.2 Å². The molecule has 0 amide bonds. The van der Waals surface area contributed by atoms with Crippen LogP contribution >= 0.6 is 0 Å². The van der Waals surface area contributed by atoms with Gasteiger partial charge in [0.15, 0.2) is 0 Å². The van der Waals surface area contributed by atoms with Crippen LogP contribution in [-0.4, -0.2) is 52.9 Å². The number of nitrogens with zero attached hydrogens (tertiary/aromatic N) is 2. The van der Waals surface area contributed by atoms with E-state index in [0.29, 0.717) is 18.8 Å². The zero-order valence-electron chi connectivity index (χ0n) is 20.4. The second-order valence-electron chi connectivity index (χ2n) is 8.11. The molecule has 0 aliphatic heterocycles. The van der Waals surface area contributed by atoms with Crippen LogP contribution in [0, 0.1) is 0 Å². The first-order chi connectivity index (χ1) is 16.4. The summed E-state index contributed by atoms with van der Waals surface area (Å²) in [6.07, 6.45) is 3.40. The molecule has 34 heavy (non-hydrogen) atoms. The number of likely N-dealkylation sites (N-methyl/N-ethyl adjacent to an activating group) is 1. The van der Waals surface area contributed by atoms with Crippen LogP contribution in [0.15, 0.2) is 78.9 Å². The lowest BCUT2D eigenvalue weighted by molar-refractivity contribution is 0.313. The second kappa shape index (κ2) is 11.9. The highest BCUT2D eigenvalue weighted by atomic mass is 32.2. The number of benzene rings is 3. The zero-order valence-corrected chi connectivity index (χ0v) is 21.3. The number of hydrogen-bond donors (Lipinski definition) is 0. The molecule has 0 aliphatic rings. The maximum Gasteiger partial charge on any atom is 0.232 e. The molecule has 3 aromatic rings. The Kier molecular flexibility index (Phi) is 8.91. The molecule has 0 atom stereocenters. The fourth-order valence-electron chi connectivity index (χ4n) is 3.88. The first-order valence-electron chi connectivity index (χ1n) is 11.6. The van der Waals surface area contributed by atoms with E-state index in [2.05, 4.69) is 37.0 Å². The number of rotatable bonds is 11. The van der Waals surface area contributed by atoms with Crippen molar-refractivity contribution in [3.05, 3.63) is 95.6 Å². The van der Waals surface area contributed by atoms with Gasteiger partial charge in [-0.25, -0.2) is 8.42 Å². The Morgan fingerprint density at radius 3 is 1.94 bits per heavy atom. The molecule has 0 unspecified atom stereocenters. The number of methoxy groups -OCH3 is 1. The van der Waals surface area contributed by atoms with E-state index >= 15 is 0 Å². The van der Waals surface area contributed by atoms with Gasteiger partial charge in [0.1, 0.15) is 5.75 Å². The highest BCUT2D eigenvalue weighted by Gasteiger charge is 2.18. The second-order valence-corrected chi connectivity index (χ2v) is 10.0. The Labute approximate surface area is 204 Å². The molecule has 0 saturated heterocycles. The summed E-state index contributed by atoms with van der Waals surface area (Å²) >= 11 is 0. The zero-order chi connectivity index (χ0) is 24.6. The highest BCUT2D eigenvalue weighted by Crippen LogP contribution is 2.29. The third kappa shape index (κ3) is 6.72. The lowest BCUT2D eigenvalue weighted by Crippen LogP contribution is -2.38. The van der Waals surface area contributed by atoms with Crippen LogP contribution in [0.1, 0.15) is 30.5 Å². The molecule has 0 fully saturated rings. The molecule has 180 valence electrons. The van der Waals surface area contributed by atoms with Crippen molar-refractivity contribution in [1.29, 1.82) is 0 Å². The van der Waals surface area contributed by atoms with E-state index in [0.717, 1.165) is 41.1 Å². The molecule has 0 heterocycles.